The number of ether oxygens (including phenoxy) is 3. The first-order chi connectivity index (χ1) is 24.5. The van der Waals surface area contributed by atoms with Gasteiger partial charge in [-0.25, -0.2) is 4.99 Å². The number of benzene rings is 4. The highest BCUT2D eigenvalue weighted by Gasteiger charge is 2.54. The Balaban J connectivity index is 1.61. The Morgan fingerprint density at radius 2 is 1.54 bits per heavy atom. The summed E-state index contributed by atoms with van der Waals surface area (Å²) < 4.78 is 17.9. The second-order valence-electron chi connectivity index (χ2n) is 11.5. The van der Waals surface area contributed by atoms with Gasteiger partial charge in [-0.15, -0.1) is 0 Å². The van der Waals surface area contributed by atoms with Crippen LogP contribution in [0.1, 0.15) is 45.9 Å². The molecule has 2 N–H and O–H groups in total. The molecular weight excluding hydrogens is 636 g/mol. The first-order valence-corrected chi connectivity index (χ1v) is 16.2. The highest BCUT2D eigenvalue weighted by Crippen LogP contribution is 2.44. The molecule has 0 saturated heterocycles. The molecule has 50 heavy (non-hydrogen) atoms. The number of nitrogens with one attached hydrogen (secondary N) is 1. The Bertz CT molecular complexity index is 1900. The van der Waals surface area contributed by atoms with Gasteiger partial charge in [-0.3, -0.25) is 4.79 Å². The summed E-state index contributed by atoms with van der Waals surface area (Å²) in [5.41, 5.74) is 21.1. The maximum absolute atomic E-state index is 14.8. The fourth-order valence-corrected chi connectivity index (χ4v) is 5.96. The van der Waals surface area contributed by atoms with Crippen LogP contribution in [-0.2, 0) is 35.5 Å². The fourth-order valence-electron chi connectivity index (χ4n) is 5.96. The van der Waals surface area contributed by atoms with Crippen LogP contribution in [-0.4, -0.2) is 49.3 Å². The molecule has 0 fully saturated rings. The van der Waals surface area contributed by atoms with Gasteiger partial charge in [0.05, 0.1) is 26.8 Å². The predicted molar refractivity (Wildman–Crippen MR) is 189 cm³/mol. The van der Waals surface area contributed by atoms with Crippen LogP contribution in [0.3, 0.4) is 0 Å². The van der Waals surface area contributed by atoms with Crippen LogP contribution in [0.5, 0.6) is 11.5 Å². The van der Waals surface area contributed by atoms with Crippen LogP contribution in [0, 0.1) is 0 Å². The zero-order valence-electron chi connectivity index (χ0n) is 27.7. The van der Waals surface area contributed by atoms with Crippen molar-refractivity contribution in [3.8, 4) is 11.5 Å². The Morgan fingerprint density at radius 3 is 2.24 bits per heavy atom. The van der Waals surface area contributed by atoms with E-state index in [4.69, 9.17) is 35.4 Å². The third kappa shape index (κ3) is 8.34. The number of carbonyl (C=O) groups excluding carboxylic acids is 1. The van der Waals surface area contributed by atoms with Crippen LogP contribution in [0.4, 0.5) is 0 Å². The third-order valence-corrected chi connectivity index (χ3v) is 8.43. The molecule has 4 aromatic rings. The summed E-state index contributed by atoms with van der Waals surface area (Å²) in [6, 6.07) is 29.6. The molecule has 1 aliphatic heterocycles. The van der Waals surface area contributed by atoms with E-state index in [1.165, 1.54) is 0 Å². The average molecular weight is 675 g/mol. The van der Waals surface area contributed by atoms with Crippen molar-refractivity contribution >= 4 is 11.8 Å². The largest absolute Gasteiger partial charge is 0.496 e. The summed E-state index contributed by atoms with van der Waals surface area (Å²) in [6.07, 6.45) is 0.190. The first-order valence-electron chi connectivity index (χ1n) is 16.2. The lowest BCUT2D eigenvalue weighted by Crippen LogP contribution is -2.50. The number of nitrogens with zero attached hydrogens (tertiary/aromatic N) is 7. The Hall–Kier alpha value is -6.00. The van der Waals surface area contributed by atoms with Crippen molar-refractivity contribution in [2.45, 2.75) is 44.0 Å². The van der Waals surface area contributed by atoms with E-state index in [1.54, 1.807) is 31.4 Å². The number of para-hydroxylation sites is 1. The molecule has 0 spiro atoms. The number of hydrogen-bond donors (Lipinski definition) is 2. The van der Waals surface area contributed by atoms with E-state index in [0.717, 1.165) is 22.4 Å². The number of carbonyl (C=O) groups is 1. The highest BCUT2D eigenvalue weighted by molar-refractivity contribution is 6.01. The molecule has 1 aliphatic rings. The van der Waals surface area contributed by atoms with Crippen LogP contribution >= 0.6 is 0 Å². The van der Waals surface area contributed by atoms with Gasteiger partial charge in [0.1, 0.15) is 11.5 Å². The van der Waals surface area contributed by atoms with Gasteiger partial charge in [-0.2, -0.15) is 0 Å². The summed E-state index contributed by atoms with van der Waals surface area (Å²) in [7, 11) is 1.61. The van der Waals surface area contributed by atoms with Gasteiger partial charge >= 0.3 is 0 Å². The van der Waals surface area contributed by atoms with Crippen molar-refractivity contribution in [3.05, 3.63) is 151 Å². The van der Waals surface area contributed by atoms with Crippen LogP contribution in [0.15, 0.2) is 112 Å². The molecule has 0 radical (unpaired) electrons. The number of aliphatic imine (C=N–C) groups is 1. The third-order valence-electron chi connectivity index (χ3n) is 8.43. The lowest BCUT2D eigenvalue weighted by molar-refractivity contribution is -0.128. The summed E-state index contributed by atoms with van der Waals surface area (Å²) in [5, 5.41) is 19.9. The number of aliphatic hydroxyl groups excluding tert-OH is 1. The minimum absolute atomic E-state index is 0.0281. The summed E-state index contributed by atoms with van der Waals surface area (Å²) in [4.78, 5) is 25.8. The second-order valence-corrected chi connectivity index (χ2v) is 11.5. The predicted octanol–water partition coefficient (Wildman–Crippen LogP) is 6.94. The van der Waals surface area contributed by atoms with Crippen LogP contribution in [0.2, 0.25) is 0 Å². The van der Waals surface area contributed by atoms with E-state index < -0.39 is 11.6 Å². The molecule has 4 aromatic carbocycles. The number of methoxy groups -OCH3 is 1. The minimum atomic E-state index is -1.54. The molecular formula is C37H38N8O5. The highest BCUT2D eigenvalue weighted by atomic mass is 16.5. The summed E-state index contributed by atoms with van der Waals surface area (Å²) in [6.45, 7) is 0.816. The molecule has 0 aliphatic carbocycles. The summed E-state index contributed by atoms with van der Waals surface area (Å²) >= 11 is 0. The number of aliphatic hydroxyl groups is 1. The van der Waals surface area contributed by atoms with Gasteiger partial charge in [0.2, 0.25) is 5.90 Å². The van der Waals surface area contributed by atoms with Gasteiger partial charge in [0.25, 0.3) is 5.91 Å². The Morgan fingerprint density at radius 1 is 0.900 bits per heavy atom. The van der Waals surface area contributed by atoms with Gasteiger partial charge < -0.3 is 24.6 Å². The molecule has 0 unspecified atom stereocenters. The van der Waals surface area contributed by atoms with Crippen molar-refractivity contribution in [2.24, 2.45) is 15.2 Å². The molecule has 0 bridgehead atoms. The number of azide groups is 2. The SMILES string of the molecule is COc1ccccc1CCNC(=O)[C@]1(Cc2ccccc2CN=[N+]=[N-])N=C(c2ccc(OCCCO)cc2)O[C@@H]1c1ccccc1CN=[N+]=[N-]. The van der Waals surface area contributed by atoms with E-state index in [2.05, 4.69) is 25.4 Å². The van der Waals surface area contributed by atoms with Gasteiger partial charge in [-0.05, 0) is 75.6 Å². The topological polar surface area (TPSA) is 187 Å². The normalized spacial score (nSPS) is 16.3. The molecule has 13 heteroatoms. The van der Waals surface area contributed by atoms with E-state index in [-0.39, 0.29) is 37.9 Å². The van der Waals surface area contributed by atoms with Crippen molar-refractivity contribution in [3.63, 3.8) is 0 Å². The molecule has 1 amide bonds. The number of amides is 1. The van der Waals surface area contributed by atoms with E-state index in [1.807, 2.05) is 72.8 Å². The standard InChI is InChI=1S/C37H38N8O5/c1-48-33-14-7-5-9-26(33)19-20-40-36(47)37(23-28-10-2-3-11-29(28)24-41-44-38)34(32-13-6-4-12-30(32)25-42-45-39)50-35(43-37)27-15-17-31(18-16-27)49-22-8-21-46/h2-7,9-18,34,46H,8,19-25H2,1H3,(H,40,47)/t34-,37-/m1/s1. The number of rotatable bonds is 17. The number of hydrogen-bond acceptors (Lipinski definition) is 8. The van der Waals surface area contributed by atoms with Gasteiger partial charge in [0.15, 0.2) is 11.6 Å². The van der Waals surface area contributed by atoms with Gasteiger partial charge in [-0.1, -0.05) is 77.0 Å². The van der Waals surface area contributed by atoms with Crippen molar-refractivity contribution < 1.29 is 24.1 Å². The van der Waals surface area contributed by atoms with Crippen molar-refractivity contribution in [1.29, 1.82) is 0 Å². The Labute approximate surface area is 289 Å². The molecule has 0 aromatic heterocycles. The van der Waals surface area contributed by atoms with Crippen LogP contribution < -0.4 is 14.8 Å². The van der Waals surface area contributed by atoms with E-state index >= 15 is 0 Å². The fraction of sp³-hybridized carbons (Fsp3) is 0.297. The smallest absolute Gasteiger partial charge is 0.252 e. The first kappa shape index (κ1) is 35.3. The molecule has 256 valence electrons. The van der Waals surface area contributed by atoms with Crippen molar-refractivity contribution in [2.75, 3.05) is 26.9 Å². The monoisotopic (exact) mass is 674 g/mol. The van der Waals surface area contributed by atoms with Crippen LogP contribution in [0.25, 0.3) is 20.9 Å². The molecule has 5 rings (SSSR count). The maximum atomic E-state index is 14.8. The summed E-state index contributed by atoms with van der Waals surface area (Å²) in [5.74, 6) is 1.22. The molecule has 1 heterocycles. The molecule has 13 nitrogen and oxygen atoms in total. The Kier molecular flexibility index (Phi) is 12.3. The lowest BCUT2D eigenvalue weighted by atomic mass is 9.79. The molecule has 2 atom stereocenters. The zero-order chi connectivity index (χ0) is 35.2. The zero-order valence-corrected chi connectivity index (χ0v) is 27.7. The minimum Gasteiger partial charge on any atom is -0.496 e. The molecule has 0 saturated carbocycles. The maximum Gasteiger partial charge on any atom is 0.252 e. The quantitative estimate of drug-likeness (QED) is 0.0531. The van der Waals surface area contributed by atoms with E-state index in [9.17, 15) is 4.79 Å². The van der Waals surface area contributed by atoms with E-state index in [0.29, 0.717) is 48.4 Å². The second kappa shape index (κ2) is 17.4. The average Bonchev–Trinajstić information content (AvgIpc) is 3.54. The lowest BCUT2D eigenvalue weighted by Gasteiger charge is -2.32. The van der Waals surface area contributed by atoms with Gasteiger partial charge in [0, 0.05) is 41.4 Å². The van der Waals surface area contributed by atoms with Crippen molar-refractivity contribution in [1.82, 2.24) is 5.32 Å².